The highest BCUT2D eigenvalue weighted by Gasteiger charge is 2.73. The molecule has 2 fully saturated rings. The van der Waals surface area contributed by atoms with E-state index in [0.29, 0.717) is 22.2 Å². The lowest BCUT2D eigenvalue weighted by Crippen LogP contribution is -2.59. The van der Waals surface area contributed by atoms with Crippen molar-refractivity contribution >= 4 is 0 Å². The van der Waals surface area contributed by atoms with Gasteiger partial charge in [0.15, 0.2) is 0 Å². The largest absolute Gasteiger partial charge is 0.0803 e. The van der Waals surface area contributed by atoms with Gasteiger partial charge in [-0.05, 0) is 51.8 Å². The average Bonchev–Trinajstić information content (AvgIpc) is 2.61. The number of hydrogen-bond acceptors (Lipinski definition) is 0. The third-order valence-corrected chi connectivity index (χ3v) is 9.55. The maximum Gasteiger partial charge on any atom is -0.00160 e. The Morgan fingerprint density at radius 2 is 1.29 bits per heavy atom. The van der Waals surface area contributed by atoms with E-state index in [1.54, 1.807) is 0 Å². The summed E-state index contributed by atoms with van der Waals surface area (Å²) in [6.07, 6.45) is 9.65. The molecule has 0 aliphatic heterocycles. The quantitative estimate of drug-likeness (QED) is 0.516. The summed E-state index contributed by atoms with van der Waals surface area (Å²) in [6.45, 7) is 20.4. The van der Waals surface area contributed by atoms with Crippen LogP contribution < -0.4 is 0 Å². The summed E-state index contributed by atoms with van der Waals surface area (Å²) in [7, 11) is 0. The highest BCUT2D eigenvalue weighted by Crippen LogP contribution is 2.78. The Morgan fingerprint density at radius 1 is 0.714 bits per heavy atom. The molecule has 3 aliphatic rings. The highest BCUT2D eigenvalue weighted by atomic mass is 14.8. The van der Waals surface area contributed by atoms with Crippen molar-refractivity contribution in [2.75, 3.05) is 0 Å². The van der Waals surface area contributed by atoms with Gasteiger partial charge >= 0.3 is 0 Å². The van der Waals surface area contributed by atoms with Crippen LogP contribution in [0.15, 0.2) is 24.3 Å². The fourth-order valence-corrected chi connectivity index (χ4v) is 7.23. The van der Waals surface area contributed by atoms with Crippen molar-refractivity contribution < 1.29 is 0 Å². The van der Waals surface area contributed by atoms with E-state index in [2.05, 4.69) is 79.7 Å². The summed E-state index contributed by atoms with van der Waals surface area (Å²) in [5, 5.41) is 0. The number of rotatable bonds is 0. The lowest BCUT2D eigenvalue weighted by molar-refractivity contribution is -0.153. The van der Waals surface area contributed by atoms with E-state index >= 15 is 0 Å². The molecule has 0 aromatic rings. The monoisotopic (exact) mass is 286 g/mol. The molecular formula is C21H34. The third kappa shape index (κ3) is 1.39. The first-order valence-corrected chi connectivity index (χ1v) is 9.00. The van der Waals surface area contributed by atoms with Gasteiger partial charge in [0, 0.05) is 0 Å². The van der Waals surface area contributed by atoms with Crippen LogP contribution in [0, 0.1) is 51.8 Å². The molecule has 2 saturated carbocycles. The second-order valence-corrected chi connectivity index (χ2v) is 9.12. The zero-order chi connectivity index (χ0) is 15.8. The molecule has 9 atom stereocenters. The number of fused-ring (bicyclic) bond motifs is 3. The van der Waals surface area contributed by atoms with Gasteiger partial charge in [0.05, 0.1) is 0 Å². The van der Waals surface area contributed by atoms with Crippen LogP contribution in [0.25, 0.3) is 0 Å². The SMILES string of the molecule is CC1C(C)C(C)C2(C)C3(C)C=CC=CC3C(C)C2(C)C1C. The van der Waals surface area contributed by atoms with Crippen molar-refractivity contribution in [3.63, 3.8) is 0 Å². The van der Waals surface area contributed by atoms with E-state index in [1.165, 1.54) is 0 Å². The van der Waals surface area contributed by atoms with Crippen molar-refractivity contribution in [2.24, 2.45) is 51.8 Å². The van der Waals surface area contributed by atoms with Gasteiger partial charge in [0.25, 0.3) is 0 Å². The van der Waals surface area contributed by atoms with Crippen molar-refractivity contribution in [3.8, 4) is 0 Å². The Bertz CT molecular complexity index is 500. The van der Waals surface area contributed by atoms with E-state index in [9.17, 15) is 0 Å². The molecule has 0 N–H and O–H groups in total. The molecule has 3 aliphatic carbocycles. The Labute approximate surface area is 132 Å². The summed E-state index contributed by atoms with van der Waals surface area (Å²) in [5.41, 5.74) is 1.09. The van der Waals surface area contributed by atoms with Crippen molar-refractivity contribution in [3.05, 3.63) is 24.3 Å². The van der Waals surface area contributed by atoms with E-state index < -0.39 is 0 Å². The molecule has 0 bridgehead atoms. The van der Waals surface area contributed by atoms with Crippen LogP contribution in [0.4, 0.5) is 0 Å². The minimum Gasteiger partial charge on any atom is -0.0803 e. The van der Waals surface area contributed by atoms with Gasteiger partial charge in [-0.2, -0.15) is 0 Å². The molecule has 0 spiro atoms. The molecule has 9 unspecified atom stereocenters. The van der Waals surface area contributed by atoms with E-state index in [4.69, 9.17) is 0 Å². The number of allylic oxidation sites excluding steroid dienone is 4. The van der Waals surface area contributed by atoms with Crippen molar-refractivity contribution in [2.45, 2.75) is 55.4 Å². The summed E-state index contributed by atoms with van der Waals surface area (Å²) < 4.78 is 0. The second kappa shape index (κ2) is 4.27. The van der Waals surface area contributed by atoms with Crippen LogP contribution in [0.1, 0.15) is 55.4 Å². The Morgan fingerprint density at radius 3 is 1.90 bits per heavy atom. The fraction of sp³-hybridized carbons (Fsp3) is 0.810. The van der Waals surface area contributed by atoms with Crippen LogP contribution in [0.2, 0.25) is 0 Å². The maximum atomic E-state index is 2.62. The van der Waals surface area contributed by atoms with Crippen molar-refractivity contribution in [1.29, 1.82) is 0 Å². The van der Waals surface area contributed by atoms with Crippen LogP contribution in [-0.2, 0) is 0 Å². The van der Waals surface area contributed by atoms with Crippen LogP contribution in [0.3, 0.4) is 0 Å². The molecule has 0 heteroatoms. The van der Waals surface area contributed by atoms with Gasteiger partial charge in [0.2, 0.25) is 0 Å². The minimum atomic E-state index is 0.304. The van der Waals surface area contributed by atoms with Gasteiger partial charge in [-0.15, -0.1) is 0 Å². The summed E-state index contributed by atoms with van der Waals surface area (Å²) in [6, 6.07) is 0. The van der Waals surface area contributed by atoms with Crippen LogP contribution in [0.5, 0.6) is 0 Å². The van der Waals surface area contributed by atoms with Crippen LogP contribution >= 0.6 is 0 Å². The molecule has 0 heterocycles. The van der Waals surface area contributed by atoms with Gasteiger partial charge in [-0.1, -0.05) is 79.7 Å². The Balaban J connectivity index is 2.26. The van der Waals surface area contributed by atoms with E-state index in [-0.39, 0.29) is 0 Å². The summed E-state index contributed by atoms with van der Waals surface area (Å²) in [4.78, 5) is 0. The first kappa shape index (κ1) is 15.4. The lowest BCUT2D eigenvalue weighted by Gasteiger charge is -2.63. The first-order valence-electron chi connectivity index (χ1n) is 9.00. The zero-order valence-corrected chi connectivity index (χ0v) is 15.3. The van der Waals surface area contributed by atoms with Gasteiger partial charge in [-0.25, -0.2) is 0 Å². The molecule has 0 saturated heterocycles. The second-order valence-electron chi connectivity index (χ2n) is 9.12. The first-order chi connectivity index (χ1) is 9.64. The fourth-order valence-electron chi connectivity index (χ4n) is 7.23. The number of hydrogen-bond donors (Lipinski definition) is 0. The highest BCUT2D eigenvalue weighted by molar-refractivity contribution is 5.32. The zero-order valence-electron chi connectivity index (χ0n) is 15.3. The van der Waals surface area contributed by atoms with Crippen molar-refractivity contribution in [1.82, 2.24) is 0 Å². The van der Waals surface area contributed by atoms with Gasteiger partial charge in [-0.3, -0.25) is 0 Å². The predicted molar refractivity (Wildman–Crippen MR) is 91.9 cm³/mol. The lowest BCUT2D eigenvalue weighted by atomic mass is 9.41. The molecule has 0 aromatic heterocycles. The third-order valence-electron chi connectivity index (χ3n) is 9.55. The minimum absolute atomic E-state index is 0.304. The molecule has 0 nitrogen and oxygen atoms in total. The maximum absolute atomic E-state index is 2.62. The molecule has 0 radical (unpaired) electrons. The standard InChI is InChI=1S/C21H34/c1-13-14(2)16(4)21(8)19(6)12-10-9-11-18(19)17(5)20(21,7)15(13)3/h9-18H,1-8H3. The molecule has 118 valence electrons. The average molecular weight is 287 g/mol. The molecule has 0 amide bonds. The predicted octanol–water partition coefficient (Wildman–Crippen LogP) is 5.96. The molecule has 21 heavy (non-hydrogen) atoms. The Kier molecular flexibility index (Phi) is 3.13. The van der Waals surface area contributed by atoms with E-state index in [1.807, 2.05) is 0 Å². The van der Waals surface area contributed by atoms with Crippen LogP contribution in [-0.4, -0.2) is 0 Å². The molecular weight excluding hydrogens is 252 g/mol. The van der Waals surface area contributed by atoms with E-state index in [0.717, 1.165) is 29.6 Å². The smallest absolute Gasteiger partial charge is 0.00160 e. The Hall–Kier alpha value is -0.520. The molecule has 0 aromatic carbocycles. The normalized spacial score (nSPS) is 62.5. The van der Waals surface area contributed by atoms with Gasteiger partial charge < -0.3 is 0 Å². The summed E-state index contributed by atoms with van der Waals surface area (Å²) >= 11 is 0. The summed E-state index contributed by atoms with van der Waals surface area (Å²) in [5.74, 6) is 4.62. The van der Waals surface area contributed by atoms with Gasteiger partial charge in [0.1, 0.15) is 0 Å². The topological polar surface area (TPSA) is 0 Å². The molecule has 3 rings (SSSR count).